The Bertz CT molecular complexity index is 1190. The Balaban J connectivity index is 1.77. The van der Waals surface area contributed by atoms with Crippen LogP contribution in [0.5, 0.6) is 0 Å². The Morgan fingerprint density at radius 2 is 1.50 bits per heavy atom. The Kier molecular flexibility index (Phi) is 5.52. The fourth-order valence-electron chi connectivity index (χ4n) is 3.37. The van der Waals surface area contributed by atoms with Gasteiger partial charge in [-0.3, -0.25) is 4.79 Å². The van der Waals surface area contributed by atoms with E-state index in [9.17, 15) is 9.59 Å². The molecule has 0 fully saturated rings. The highest BCUT2D eigenvalue weighted by molar-refractivity contribution is 6.07. The van der Waals surface area contributed by atoms with E-state index in [0.29, 0.717) is 16.6 Å². The van der Waals surface area contributed by atoms with E-state index in [4.69, 9.17) is 4.74 Å². The summed E-state index contributed by atoms with van der Waals surface area (Å²) in [6.45, 7) is 0. The fraction of sp³-hybridized carbons (Fsp3) is 0.0800. The maximum absolute atomic E-state index is 13.3. The largest absolute Gasteiger partial charge is 0.467 e. The number of ether oxygens (including phenoxy) is 1. The lowest BCUT2D eigenvalue weighted by molar-refractivity contribution is -0.143. The van der Waals surface area contributed by atoms with Gasteiger partial charge in [0.1, 0.15) is 5.69 Å². The molecule has 4 rings (SSSR count). The number of hydrogen-bond acceptors (Lipinski definition) is 4. The van der Waals surface area contributed by atoms with Gasteiger partial charge in [-0.05, 0) is 17.0 Å². The number of rotatable bonds is 5. The summed E-state index contributed by atoms with van der Waals surface area (Å²) in [6, 6.07) is 27.3. The molecule has 0 saturated heterocycles. The maximum atomic E-state index is 13.3. The molecular formula is C25H20N2O3. The second-order valence-electron chi connectivity index (χ2n) is 6.78. The molecule has 1 N–H and O–H groups in total. The van der Waals surface area contributed by atoms with Crippen LogP contribution in [-0.4, -0.2) is 24.0 Å². The van der Waals surface area contributed by atoms with Crippen molar-refractivity contribution in [3.8, 4) is 11.3 Å². The van der Waals surface area contributed by atoms with Crippen LogP contribution < -0.4 is 5.32 Å². The van der Waals surface area contributed by atoms with Gasteiger partial charge in [0.2, 0.25) is 0 Å². The number of carbonyl (C=O) groups is 2. The molecule has 4 aromatic rings. The smallest absolute Gasteiger partial charge is 0.333 e. The highest BCUT2D eigenvalue weighted by Gasteiger charge is 2.25. The van der Waals surface area contributed by atoms with Crippen LogP contribution in [0.3, 0.4) is 0 Å². The zero-order chi connectivity index (χ0) is 20.9. The molecule has 1 amide bonds. The van der Waals surface area contributed by atoms with Gasteiger partial charge in [-0.1, -0.05) is 84.9 Å². The molecule has 0 radical (unpaired) electrons. The van der Waals surface area contributed by atoms with Gasteiger partial charge in [0.25, 0.3) is 5.91 Å². The average Bonchev–Trinajstić information content (AvgIpc) is 2.82. The van der Waals surface area contributed by atoms with E-state index >= 15 is 0 Å². The second kappa shape index (κ2) is 8.57. The van der Waals surface area contributed by atoms with Gasteiger partial charge in [0, 0.05) is 10.9 Å². The van der Waals surface area contributed by atoms with Crippen molar-refractivity contribution in [1.29, 1.82) is 0 Å². The highest BCUT2D eigenvalue weighted by atomic mass is 16.5. The van der Waals surface area contributed by atoms with Crippen molar-refractivity contribution in [1.82, 2.24) is 10.3 Å². The summed E-state index contributed by atoms with van der Waals surface area (Å²) in [5, 5.41) is 4.40. The minimum Gasteiger partial charge on any atom is -0.467 e. The molecule has 148 valence electrons. The number of nitrogens with zero attached hydrogens (tertiary/aromatic N) is 1. The molecule has 0 bridgehead atoms. The average molecular weight is 396 g/mol. The third kappa shape index (κ3) is 3.91. The van der Waals surface area contributed by atoms with E-state index in [1.165, 1.54) is 7.11 Å². The van der Waals surface area contributed by atoms with E-state index in [1.54, 1.807) is 24.3 Å². The molecule has 1 aromatic heterocycles. The number of benzene rings is 3. The summed E-state index contributed by atoms with van der Waals surface area (Å²) in [5.41, 5.74) is 2.50. The number of pyridine rings is 1. The van der Waals surface area contributed by atoms with Crippen LogP contribution in [-0.2, 0) is 9.53 Å². The molecule has 5 nitrogen and oxygen atoms in total. The third-order valence-electron chi connectivity index (χ3n) is 4.87. The Hall–Kier alpha value is -3.99. The maximum Gasteiger partial charge on any atom is 0.333 e. The topological polar surface area (TPSA) is 68.3 Å². The quantitative estimate of drug-likeness (QED) is 0.503. The van der Waals surface area contributed by atoms with Crippen molar-refractivity contribution in [3.05, 3.63) is 102 Å². The summed E-state index contributed by atoms with van der Waals surface area (Å²) in [7, 11) is 1.30. The molecule has 0 spiro atoms. The van der Waals surface area contributed by atoms with Crippen molar-refractivity contribution >= 4 is 22.6 Å². The van der Waals surface area contributed by atoms with Gasteiger partial charge in [-0.25, -0.2) is 9.78 Å². The van der Waals surface area contributed by atoms with E-state index in [2.05, 4.69) is 10.3 Å². The number of amides is 1. The summed E-state index contributed by atoms with van der Waals surface area (Å²) in [4.78, 5) is 30.3. The van der Waals surface area contributed by atoms with Gasteiger partial charge in [0.15, 0.2) is 6.04 Å². The summed E-state index contributed by atoms with van der Waals surface area (Å²) in [6.07, 6.45) is 0. The molecule has 1 atom stereocenters. The van der Waals surface area contributed by atoms with Crippen LogP contribution in [0.2, 0.25) is 0 Å². The Morgan fingerprint density at radius 3 is 2.20 bits per heavy atom. The summed E-state index contributed by atoms with van der Waals surface area (Å²) >= 11 is 0. The first-order valence-electron chi connectivity index (χ1n) is 9.56. The van der Waals surface area contributed by atoms with Crippen LogP contribution >= 0.6 is 0 Å². The molecule has 0 aliphatic carbocycles. The SMILES string of the molecule is COC(=O)[C@@H](NC(=O)c1nc(-c2ccccc2)cc2ccccc12)c1ccccc1. The van der Waals surface area contributed by atoms with E-state index in [0.717, 1.165) is 10.9 Å². The predicted molar refractivity (Wildman–Crippen MR) is 116 cm³/mol. The van der Waals surface area contributed by atoms with Gasteiger partial charge in [0.05, 0.1) is 12.8 Å². The molecule has 5 heteroatoms. The molecule has 3 aromatic carbocycles. The number of fused-ring (bicyclic) bond motifs is 1. The number of nitrogens with one attached hydrogen (secondary N) is 1. The monoisotopic (exact) mass is 396 g/mol. The first kappa shape index (κ1) is 19.3. The molecule has 0 saturated carbocycles. The molecule has 0 aliphatic rings. The van der Waals surface area contributed by atoms with Gasteiger partial charge in [-0.2, -0.15) is 0 Å². The zero-order valence-electron chi connectivity index (χ0n) is 16.4. The van der Waals surface area contributed by atoms with E-state index < -0.39 is 17.9 Å². The second-order valence-corrected chi connectivity index (χ2v) is 6.78. The molecule has 1 heterocycles. The minimum absolute atomic E-state index is 0.261. The lowest BCUT2D eigenvalue weighted by atomic mass is 10.0. The number of esters is 1. The van der Waals surface area contributed by atoms with Crippen molar-refractivity contribution < 1.29 is 14.3 Å². The van der Waals surface area contributed by atoms with E-state index in [1.807, 2.05) is 66.7 Å². The number of carbonyl (C=O) groups excluding carboxylic acids is 2. The summed E-state index contributed by atoms with van der Waals surface area (Å²) < 4.78 is 4.91. The number of hydrogen-bond donors (Lipinski definition) is 1. The van der Waals surface area contributed by atoms with Crippen molar-refractivity contribution in [2.75, 3.05) is 7.11 Å². The van der Waals surface area contributed by atoms with Gasteiger partial charge < -0.3 is 10.1 Å². The fourth-order valence-corrected chi connectivity index (χ4v) is 3.37. The number of aromatic nitrogens is 1. The first-order valence-corrected chi connectivity index (χ1v) is 9.56. The lowest BCUT2D eigenvalue weighted by Gasteiger charge is -2.17. The van der Waals surface area contributed by atoms with Crippen molar-refractivity contribution in [2.45, 2.75) is 6.04 Å². The Labute approximate surface area is 174 Å². The molecule has 0 unspecified atom stereocenters. The van der Waals surface area contributed by atoms with Crippen LogP contribution in [0.25, 0.3) is 22.0 Å². The van der Waals surface area contributed by atoms with Crippen LogP contribution in [0.15, 0.2) is 91.0 Å². The van der Waals surface area contributed by atoms with E-state index in [-0.39, 0.29) is 5.69 Å². The highest BCUT2D eigenvalue weighted by Crippen LogP contribution is 2.25. The lowest BCUT2D eigenvalue weighted by Crippen LogP contribution is -2.35. The number of methoxy groups -OCH3 is 1. The van der Waals surface area contributed by atoms with Crippen LogP contribution in [0, 0.1) is 0 Å². The van der Waals surface area contributed by atoms with Gasteiger partial charge >= 0.3 is 5.97 Å². The normalized spacial score (nSPS) is 11.6. The van der Waals surface area contributed by atoms with Crippen molar-refractivity contribution in [3.63, 3.8) is 0 Å². The molecule has 30 heavy (non-hydrogen) atoms. The zero-order valence-corrected chi connectivity index (χ0v) is 16.4. The molecule has 0 aliphatic heterocycles. The standard InChI is InChI=1S/C25H20N2O3/c1-30-25(29)22(18-12-6-3-7-13-18)27-24(28)23-20-15-9-8-14-19(20)16-21(26-23)17-10-4-2-5-11-17/h2-16,22H,1H3,(H,27,28)/t22-/m0/s1. The first-order chi connectivity index (χ1) is 14.7. The summed E-state index contributed by atoms with van der Waals surface area (Å²) in [5.74, 6) is -0.985. The predicted octanol–water partition coefficient (Wildman–Crippen LogP) is 4.55. The molecular weight excluding hydrogens is 376 g/mol. The van der Waals surface area contributed by atoms with Crippen LogP contribution in [0.4, 0.5) is 0 Å². The van der Waals surface area contributed by atoms with Crippen molar-refractivity contribution in [2.24, 2.45) is 0 Å². The Morgan fingerprint density at radius 1 is 0.867 bits per heavy atom. The van der Waals surface area contributed by atoms with Crippen LogP contribution in [0.1, 0.15) is 22.1 Å². The van der Waals surface area contributed by atoms with Gasteiger partial charge in [-0.15, -0.1) is 0 Å². The minimum atomic E-state index is -0.926. The third-order valence-corrected chi connectivity index (χ3v) is 4.87.